The van der Waals surface area contributed by atoms with Crippen molar-refractivity contribution in [3.8, 4) is 23.0 Å². The fraction of sp³-hybridized carbons (Fsp3) is 0.226. The highest BCUT2D eigenvalue weighted by Crippen LogP contribution is 2.32. The van der Waals surface area contributed by atoms with Gasteiger partial charge in [0.1, 0.15) is 23.0 Å². The van der Waals surface area contributed by atoms with E-state index in [1.165, 1.54) is 22.3 Å². The Kier molecular flexibility index (Phi) is 10.7. The highest BCUT2D eigenvalue weighted by molar-refractivity contribution is 7.80. The summed E-state index contributed by atoms with van der Waals surface area (Å²) in [7, 11) is 0. The van der Waals surface area contributed by atoms with E-state index in [2.05, 4.69) is 86.9 Å². The molecule has 0 spiro atoms. The molecule has 0 saturated carbocycles. The van der Waals surface area contributed by atoms with Gasteiger partial charge in [-0.25, -0.2) is 0 Å². The van der Waals surface area contributed by atoms with Crippen molar-refractivity contribution in [2.45, 2.75) is 41.9 Å². The van der Waals surface area contributed by atoms with Crippen LogP contribution in [0.1, 0.15) is 35.1 Å². The predicted molar refractivity (Wildman–Crippen MR) is 168 cm³/mol. The summed E-state index contributed by atoms with van der Waals surface area (Å²) in [6, 6.07) is 28.6. The minimum atomic E-state index is 0.792. The number of benzene rings is 4. The molecule has 0 aliphatic carbocycles. The molecule has 0 aliphatic rings. The highest BCUT2D eigenvalue weighted by atomic mass is 32.1. The van der Waals surface area contributed by atoms with Crippen LogP contribution in [0.3, 0.4) is 0 Å². The van der Waals surface area contributed by atoms with Crippen LogP contribution in [0.15, 0.2) is 94.7 Å². The third-order valence-electron chi connectivity index (χ3n) is 5.96. The molecule has 0 unspecified atom stereocenters. The average Bonchev–Trinajstić information content (AvgIpc) is 2.89. The summed E-state index contributed by atoms with van der Waals surface area (Å²) >= 11 is 17.7. The SMILES string of the molecule is SCCCc1cc(Cc2ccc(Oc3cccc(S)c3)c(CCCS)c2)ccc1Oc1cccc(S)c1. The van der Waals surface area contributed by atoms with Gasteiger partial charge in [-0.2, -0.15) is 25.3 Å². The molecule has 6 heteroatoms. The summed E-state index contributed by atoms with van der Waals surface area (Å²) in [5, 5.41) is 0. The molecule has 37 heavy (non-hydrogen) atoms. The van der Waals surface area contributed by atoms with Gasteiger partial charge in [0.05, 0.1) is 0 Å². The van der Waals surface area contributed by atoms with Crippen molar-refractivity contribution in [3.63, 3.8) is 0 Å². The van der Waals surface area contributed by atoms with Crippen molar-refractivity contribution in [1.82, 2.24) is 0 Å². The second kappa shape index (κ2) is 14.1. The molecule has 0 heterocycles. The van der Waals surface area contributed by atoms with E-state index in [9.17, 15) is 0 Å². The lowest BCUT2D eigenvalue weighted by atomic mass is 9.97. The second-order valence-electron chi connectivity index (χ2n) is 8.91. The van der Waals surface area contributed by atoms with Crippen LogP contribution in [0.2, 0.25) is 0 Å². The standard InChI is InChI=1S/C31H32O2S4/c34-15-3-5-24-18-22(11-13-30(24)32-26-7-1-9-28(36)20-26)17-23-12-14-31(25(19-23)6-4-16-35)33-27-8-2-10-29(37)21-27/h1-2,7-14,18-21,34-37H,3-6,15-17H2. The molecule has 0 saturated heterocycles. The van der Waals surface area contributed by atoms with Crippen molar-refractivity contribution >= 4 is 50.5 Å². The molecule has 0 fully saturated rings. The third kappa shape index (κ3) is 8.44. The molecule has 0 aliphatic heterocycles. The molecular formula is C31H32O2S4. The minimum absolute atomic E-state index is 0.792. The van der Waals surface area contributed by atoms with Gasteiger partial charge in [0.15, 0.2) is 0 Å². The Morgan fingerprint density at radius 1 is 0.541 bits per heavy atom. The molecule has 4 aromatic rings. The van der Waals surface area contributed by atoms with Gasteiger partial charge in [0, 0.05) is 9.79 Å². The molecule has 4 rings (SSSR count). The Labute approximate surface area is 242 Å². The quantitative estimate of drug-likeness (QED) is 0.129. The molecule has 0 aromatic heterocycles. The van der Waals surface area contributed by atoms with E-state index in [0.717, 1.165) is 76.4 Å². The summed E-state index contributed by atoms with van der Waals surface area (Å²) < 4.78 is 12.5. The maximum Gasteiger partial charge on any atom is 0.130 e. The average molecular weight is 565 g/mol. The number of aryl methyl sites for hydroxylation is 2. The van der Waals surface area contributed by atoms with E-state index in [-0.39, 0.29) is 0 Å². The lowest BCUT2D eigenvalue weighted by Crippen LogP contribution is -1.99. The molecular weight excluding hydrogens is 533 g/mol. The first-order chi connectivity index (χ1) is 18.0. The topological polar surface area (TPSA) is 18.5 Å². The molecule has 2 nitrogen and oxygen atoms in total. The molecule has 0 amide bonds. The van der Waals surface area contributed by atoms with Crippen LogP contribution >= 0.6 is 50.5 Å². The zero-order valence-electron chi connectivity index (χ0n) is 20.6. The Bertz CT molecular complexity index is 1220. The Hall–Kier alpha value is -2.12. The van der Waals surface area contributed by atoms with Crippen LogP contribution < -0.4 is 9.47 Å². The molecule has 0 atom stereocenters. The monoisotopic (exact) mass is 564 g/mol. The Balaban J connectivity index is 1.56. The number of hydrogen-bond donors (Lipinski definition) is 4. The number of rotatable bonds is 12. The first-order valence-corrected chi connectivity index (χ1v) is 14.6. The van der Waals surface area contributed by atoms with Gasteiger partial charge in [0.25, 0.3) is 0 Å². The van der Waals surface area contributed by atoms with Crippen LogP contribution in [-0.4, -0.2) is 11.5 Å². The second-order valence-corrected chi connectivity index (χ2v) is 10.8. The zero-order chi connectivity index (χ0) is 26.0. The maximum atomic E-state index is 6.23. The minimum Gasteiger partial charge on any atom is -0.457 e. The van der Waals surface area contributed by atoms with Gasteiger partial charge in [0.2, 0.25) is 0 Å². The van der Waals surface area contributed by atoms with Gasteiger partial charge in [-0.3, -0.25) is 0 Å². The lowest BCUT2D eigenvalue weighted by molar-refractivity contribution is 0.474. The van der Waals surface area contributed by atoms with Gasteiger partial charge in [-0.05, 0) is 114 Å². The van der Waals surface area contributed by atoms with Crippen molar-refractivity contribution < 1.29 is 9.47 Å². The molecule has 0 radical (unpaired) electrons. The Morgan fingerprint density at radius 2 is 1.00 bits per heavy atom. The van der Waals surface area contributed by atoms with Crippen LogP contribution in [0.5, 0.6) is 23.0 Å². The highest BCUT2D eigenvalue weighted by Gasteiger charge is 2.11. The van der Waals surface area contributed by atoms with Crippen molar-refractivity contribution in [1.29, 1.82) is 0 Å². The van der Waals surface area contributed by atoms with E-state index in [4.69, 9.17) is 9.47 Å². The summed E-state index contributed by atoms with van der Waals surface area (Å²) in [5.74, 6) is 5.02. The summed E-state index contributed by atoms with van der Waals surface area (Å²) in [4.78, 5) is 1.76. The smallest absolute Gasteiger partial charge is 0.130 e. The summed E-state index contributed by atoms with van der Waals surface area (Å²) in [5.41, 5.74) is 4.89. The predicted octanol–water partition coefficient (Wildman–Crippen LogP) is 9.16. The molecule has 0 bridgehead atoms. The van der Waals surface area contributed by atoms with E-state index in [0.29, 0.717) is 0 Å². The normalized spacial score (nSPS) is 10.9. The number of thiol groups is 4. The molecule has 192 valence electrons. The Morgan fingerprint density at radius 3 is 1.41 bits per heavy atom. The zero-order valence-corrected chi connectivity index (χ0v) is 24.2. The van der Waals surface area contributed by atoms with Crippen molar-refractivity contribution in [3.05, 3.63) is 107 Å². The van der Waals surface area contributed by atoms with Crippen molar-refractivity contribution in [2.24, 2.45) is 0 Å². The first kappa shape index (κ1) is 27.9. The van der Waals surface area contributed by atoms with Crippen LogP contribution in [0.4, 0.5) is 0 Å². The van der Waals surface area contributed by atoms with Crippen LogP contribution in [0.25, 0.3) is 0 Å². The molecule has 0 N–H and O–H groups in total. The lowest BCUT2D eigenvalue weighted by Gasteiger charge is -2.15. The number of ether oxygens (including phenoxy) is 2. The van der Waals surface area contributed by atoms with Gasteiger partial charge >= 0.3 is 0 Å². The largest absolute Gasteiger partial charge is 0.457 e. The van der Waals surface area contributed by atoms with E-state index in [1.54, 1.807) is 0 Å². The van der Waals surface area contributed by atoms with Gasteiger partial charge in [-0.1, -0.05) is 36.4 Å². The van der Waals surface area contributed by atoms with E-state index in [1.807, 2.05) is 48.5 Å². The summed E-state index contributed by atoms with van der Waals surface area (Å²) in [6.07, 6.45) is 4.64. The van der Waals surface area contributed by atoms with Crippen molar-refractivity contribution in [2.75, 3.05) is 11.5 Å². The van der Waals surface area contributed by atoms with E-state index < -0.39 is 0 Å². The fourth-order valence-electron chi connectivity index (χ4n) is 4.20. The molecule has 4 aromatic carbocycles. The number of hydrogen-bond acceptors (Lipinski definition) is 6. The van der Waals surface area contributed by atoms with Gasteiger partial charge < -0.3 is 9.47 Å². The fourth-order valence-corrected chi connectivity index (χ4v) is 4.94. The third-order valence-corrected chi connectivity index (χ3v) is 7.15. The van der Waals surface area contributed by atoms with Gasteiger partial charge in [-0.15, -0.1) is 25.3 Å². The van der Waals surface area contributed by atoms with Crippen LogP contribution in [-0.2, 0) is 19.3 Å². The summed E-state index contributed by atoms with van der Waals surface area (Å²) in [6.45, 7) is 0. The first-order valence-electron chi connectivity index (χ1n) is 12.4. The van der Waals surface area contributed by atoms with E-state index >= 15 is 0 Å². The maximum absolute atomic E-state index is 6.23. The van der Waals surface area contributed by atoms with Crippen LogP contribution in [0, 0.1) is 0 Å².